The Kier molecular flexibility index (Phi) is 4.20. The third kappa shape index (κ3) is 2.68. The van der Waals surface area contributed by atoms with E-state index in [4.69, 9.17) is 5.41 Å². The first kappa shape index (κ1) is 7.02. The first-order valence-corrected chi connectivity index (χ1v) is 2.98. The van der Waals surface area contributed by atoms with Crippen molar-refractivity contribution >= 4 is 14.3 Å². The van der Waals surface area contributed by atoms with Crippen LogP contribution in [0.1, 0.15) is 0 Å². The van der Waals surface area contributed by atoms with E-state index in [1.807, 2.05) is 0 Å². The SMILES string of the molecule is COP(C=N)OC. The second-order valence-electron chi connectivity index (χ2n) is 0.780. The zero-order chi connectivity index (χ0) is 5.70. The Hall–Kier alpha value is 0.0200. The molecule has 0 saturated carbocycles. The number of nitrogens with one attached hydrogen (secondary N) is 1. The van der Waals surface area contributed by atoms with Gasteiger partial charge in [-0.05, 0) is 0 Å². The van der Waals surface area contributed by atoms with Gasteiger partial charge in [0.1, 0.15) is 0 Å². The van der Waals surface area contributed by atoms with Crippen molar-refractivity contribution < 1.29 is 9.05 Å². The molecule has 0 amide bonds. The van der Waals surface area contributed by atoms with Crippen LogP contribution in [0.15, 0.2) is 0 Å². The highest BCUT2D eigenvalue weighted by molar-refractivity contribution is 7.63. The van der Waals surface area contributed by atoms with Crippen LogP contribution in [0.3, 0.4) is 0 Å². The van der Waals surface area contributed by atoms with E-state index in [1.54, 1.807) is 0 Å². The summed E-state index contributed by atoms with van der Waals surface area (Å²) >= 11 is 0. The van der Waals surface area contributed by atoms with E-state index in [1.165, 1.54) is 14.2 Å². The molecule has 0 bridgehead atoms. The third-order valence-electron chi connectivity index (χ3n) is 0.465. The van der Waals surface area contributed by atoms with E-state index >= 15 is 0 Å². The first-order chi connectivity index (χ1) is 3.35. The highest BCUT2D eigenvalue weighted by Crippen LogP contribution is 2.30. The summed E-state index contributed by atoms with van der Waals surface area (Å²) in [6.07, 6.45) is 0. The lowest BCUT2D eigenvalue weighted by molar-refractivity contribution is 0.353. The van der Waals surface area contributed by atoms with Crippen molar-refractivity contribution in [1.82, 2.24) is 0 Å². The van der Waals surface area contributed by atoms with E-state index in [-0.39, 0.29) is 0 Å². The van der Waals surface area contributed by atoms with Crippen LogP contribution in [0.2, 0.25) is 0 Å². The molecule has 42 valence electrons. The molecule has 0 fully saturated rings. The van der Waals surface area contributed by atoms with Crippen molar-refractivity contribution in [2.45, 2.75) is 0 Å². The second-order valence-corrected chi connectivity index (χ2v) is 2.34. The van der Waals surface area contributed by atoms with E-state index in [0.29, 0.717) is 0 Å². The Bertz CT molecular complexity index is 54.9. The number of rotatable bonds is 3. The predicted molar refractivity (Wildman–Crippen MR) is 29.7 cm³/mol. The summed E-state index contributed by atoms with van der Waals surface area (Å²) in [5.41, 5.74) is 0. The Morgan fingerprint density at radius 3 is 1.86 bits per heavy atom. The van der Waals surface area contributed by atoms with Crippen LogP contribution in [0.25, 0.3) is 0 Å². The average molecular weight is 121 g/mol. The lowest BCUT2D eigenvalue weighted by atomic mass is 11.7. The van der Waals surface area contributed by atoms with Gasteiger partial charge in [0.05, 0.1) is 5.96 Å². The molecule has 0 aliphatic heterocycles. The van der Waals surface area contributed by atoms with Gasteiger partial charge in [0.15, 0.2) is 0 Å². The van der Waals surface area contributed by atoms with Gasteiger partial charge in [-0.2, -0.15) is 0 Å². The lowest BCUT2D eigenvalue weighted by Crippen LogP contribution is -1.79. The molecule has 0 atom stereocenters. The molecule has 1 N–H and O–H groups in total. The molecule has 7 heavy (non-hydrogen) atoms. The van der Waals surface area contributed by atoms with Gasteiger partial charge < -0.3 is 14.5 Å². The molecular weight excluding hydrogens is 113 g/mol. The van der Waals surface area contributed by atoms with Gasteiger partial charge in [0.2, 0.25) is 8.38 Å². The molecular formula is C3H8NO2P. The Balaban J connectivity index is 3.16. The van der Waals surface area contributed by atoms with Gasteiger partial charge >= 0.3 is 0 Å². The predicted octanol–water partition coefficient (Wildman–Crippen LogP) is 1.20. The van der Waals surface area contributed by atoms with E-state index in [2.05, 4.69) is 9.05 Å². The summed E-state index contributed by atoms with van der Waals surface area (Å²) < 4.78 is 9.30. The van der Waals surface area contributed by atoms with Crippen LogP contribution in [-0.2, 0) is 9.05 Å². The molecule has 0 radical (unpaired) electrons. The van der Waals surface area contributed by atoms with Crippen LogP contribution in [0, 0.1) is 5.41 Å². The van der Waals surface area contributed by atoms with Gasteiger partial charge in [-0.25, -0.2) is 0 Å². The highest BCUT2D eigenvalue weighted by Gasteiger charge is 1.96. The largest absolute Gasteiger partial charge is 0.333 e. The van der Waals surface area contributed by atoms with Gasteiger partial charge in [0.25, 0.3) is 0 Å². The molecule has 0 aromatic carbocycles. The van der Waals surface area contributed by atoms with Crippen LogP contribution in [0.5, 0.6) is 0 Å². The second kappa shape index (κ2) is 4.19. The molecule has 4 heteroatoms. The lowest BCUT2D eigenvalue weighted by Gasteiger charge is -2.01. The van der Waals surface area contributed by atoms with Gasteiger partial charge in [0, 0.05) is 14.2 Å². The van der Waals surface area contributed by atoms with Crippen molar-refractivity contribution in [2.75, 3.05) is 14.2 Å². The molecule has 0 aliphatic rings. The third-order valence-corrected chi connectivity index (χ3v) is 1.40. The molecule has 3 nitrogen and oxygen atoms in total. The minimum atomic E-state index is -1.01. The monoisotopic (exact) mass is 121 g/mol. The molecule has 0 unspecified atom stereocenters. The summed E-state index contributed by atoms with van der Waals surface area (Å²) in [6, 6.07) is 0. The maximum Gasteiger partial charge on any atom is 0.215 e. The van der Waals surface area contributed by atoms with Crippen molar-refractivity contribution in [3.05, 3.63) is 0 Å². The quantitative estimate of drug-likeness (QED) is 0.450. The summed E-state index contributed by atoms with van der Waals surface area (Å²) in [6.45, 7) is 0. The van der Waals surface area contributed by atoms with E-state index in [0.717, 1.165) is 5.96 Å². The fraction of sp³-hybridized carbons (Fsp3) is 0.667. The van der Waals surface area contributed by atoms with E-state index in [9.17, 15) is 0 Å². The van der Waals surface area contributed by atoms with Crippen molar-refractivity contribution in [1.29, 1.82) is 5.41 Å². The molecule has 0 aromatic heterocycles. The molecule has 0 saturated heterocycles. The Morgan fingerprint density at radius 1 is 1.43 bits per heavy atom. The standard InChI is InChI=1S/C3H8NO2P/c1-5-7(3-4)6-2/h3-4H,1-2H3. The minimum absolute atomic E-state index is 1.01. The summed E-state index contributed by atoms with van der Waals surface area (Å²) in [5.74, 6) is 1.15. The van der Waals surface area contributed by atoms with Gasteiger partial charge in [-0.1, -0.05) is 0 Å². The van der Waals surface area contributed by atoms with Crippen molar-refractivity contribution in [3.63, 3.8) is 0 Å². The zero-order valence-corrected chi connectivity index (χ0v) is 5.24. The number of hydrogen-bond acceptors (Lipinski definition) is 3. The summed E-state index contributed by atoms with van der Waals surface area (Å²) in [5, 5.41) is 6.61. The Labute approximate surface area is 44.1 Å². The van der Waals surface area contributed by atoms with Crippen LogP contribution >= 0.6 is 8.38 Å². The molecule has 0 rings (SSSR count). The van der Waals surface area contributed by atoms with Crippen LogP contribution in [-0.4, -0.2) is 20.2 Å². The molecule has 0 heterocycles. The zero-order valence-electron chi connectivity index (χ0n) is 4.34. The topological polar surface area (TPSA) is 42.3 Å². The van der Waals surface area contributed by atoms with Crippen molar-refractivity contribution in [3.8, 4) is 0 Å². The summed E-state index contributed by atoms with van der Waals surface area (Å²) in [7, 11) is 2.02. The molecule has 0 aliphatic carbocycles. The number of hydrogen-bond donors (Lipinski definition) is 1. The molecule has 0 spiro atoms. The fourth-order valence-corrected chi connectivity index (χ4v) is 0.540. The van der Waals surface area contributed by atoms with Crippen LogP contribution < -0.4 is 0 Å². The smallest absolute Gasteiger partial charge is 0.215 e. The summed E-state index contributed by atoms with van der Waals surface area (Å²) in [4.78, 5) is 0. The molecule has 0 aromatic rings. The average Bonchev–Trinajstić information content (AvgIpc) is 1.72. The van der Waals surface area contributed by atoms with E-state index < -0.39 is 8.38 Å². The van der Waals surface area contributed by atoms with Gasteiger partial charge in [-0.3, -0.25) is 0 Å². The Morgan fingerprint density at radius 2 is 1.86 bits per heavy atom. The van der Waals surface area contributed by atoms with Crippen LogP contribution in [0.4, 0.5) is 0 Å². The fourth-order valence-electron chi connectivity index (χ4n) is 0.180. The van der Waals surface area contributed by atoms with Gasteiger partial charge in [-0.15, -0.1) is 0 Å². The highest BCUT2D eigenvalue weighted by atomic mass is 31.2. The van der Waals surface area contributed by atoms with Crippen molar-refractivity contribution in [2.24, 2.45) is 0 Å². The maximum atomic E-state index is 6.61. The normalized spacial score (nSPS) is 9.57. The maximum absolute atomic E-state index is 6.61. The minimum Gasteiger partial charge on any atom is -0.333 e. The first-order valence-electron chi connectivity index (χ1n) is 1.73.